The Morgan fingerprint density at radius 1 is 1.14 bits per heavy atom. The van der Waals surface area contributed by atoms with Crippen LogP contribution in [0.25, 0.3) is 0 Å². The molecular weight excluding hydrogens is 268 g/mol. The van der Waals surface area contributed by atoms with Crippen LogP contribution in [0.15, 0.2) is 18.2 Å². The quantitative estimate of drug-likeness (QED) is 0.630. The van der Waals surface area contributed by atoms with E-state index in [0.29, 0.717) is 6.61 Å². The Morgan fingerprint density at radius 2 is 1.95 bits per heavy atom. The van der Waals surface area contributed by atoms with E-state index in [4.69, 9.17) is 14.2 Å². The summed E-state index contributed by atoms with van der Waals surface area (Å²) in [4.78, 5) is 2.25. The molecule has 0 atom stereocenters. The fourth-order valence-electron chi connectivity index (χ4n) is 1.96. The highest BCUT2D eigenvalue weighted by Gasteiger charge is 2.05. The largest absolute Gasteiger partial charge is 0.493 e. The van der Waals surface area contributed by atoms with Gasteiger partial charge in [0, 0.05) is 33.3 Å². The molecule has 21 heavy (non-hydrogen) atoms. The molecule has 0 aliphatic rings. The molecule has 0 aliphatic heterocycles. The lowest BCUT2D eigenvalue weighted by Gasteiger charge is -2.16. The highest BCUT2D eigenvalue weighted by Crippen LogP contribution is 2.27. The zero-order valence-electron chi connectivity index (χ0n) is 13.6. The zero-order valence-corrected chi connectivity index (χ0v) is 13.6. The Kier molecular flexibility index (Phi) is 8.82. The number of hydrogen-bond acceptors (Lipinski definition) is 5. The van der Waals surface area contributed by atoms with Crippen LogP contribution in [-0.2, 0) is 11.3 Å². The fraction of sp³-hybridized carbons (Fsp3) is 0.625. The number of ether oxygens (including phenoxy) is 3. The maximum Gasteiger partial charge on any atom is 0.161 e. The van der Waals surface area contributed by atoms with Crippen molar-refractivity contribution < 1.29 is 14.2 Å². The minimum absolute atomic E-state index is 0.641. The fourth-order valence-corrected chi connectivity index (χ4v) is 1.96. The molecule has 0 saturated carbocycles. The molecule has 5 heteroatoms. The van der Waals surface area contributed by atoms with Crippen molar-refractivity contribution in [2.45, 2.75) is 13.5 Å². The summed E-state index contributed by atoms with van der Waals surface area (Å²) in [5, 5.41) is 3.43. The van der Waals surface area contributed by atoms with E-state index >= 15 is 0 Å². The molecule has 0 bridgehead atoms. The molecule has 0 saturated heterocycles. The van der Waals surface area contributed by atoms with Gasteiger partial charge in [-0.3, -0.25) is 0 Å². The average molecular weight is 296 g/mol. The van der Waals surface area contributed by atoms with E-state index in [1.807, 2.05) is 19.1 Å². The Bertz CT molecular complexity index is 399. The molecule has 1 aromatic rings. The first-order valence-corrected chi connectivity index (χ1v) is 7.39. The van der Waals surface area contributed by atoms with E-state index in [1.165, 1.54) is 5.56 Å². The van der Waals surface area contributed by atoms with Crippen LogP contribution in [0.5, 0.6) is 11.5 Å². The number of nitrogens with zero attached hydrogens (tertiary/aromatic N) is 1. The lowest BCUT2D eigenvalue weighted by molar-refractivity contribution is 0.161. The van der Waals surface area contributed by atoms with E-state index in [9.17, 15) is 0 Å². The van der Waals surface area contributed by atoms with Crippen molar-refractivity contribution in [3.05, 3.63) is 23.8 Å². The molecule has 5 nitrogen and oxygen atoms in total. The molecule has 0 aliphatic carbocycles. The summed E-state index contributed by atoms with van der Waals surface area (Å²) in [6.45, 7) is 7.09. The predicted molar refractivity (Wildman–Crippen MR) is 85.2 cm³/mol. The number of nitrogens with one attached hydrogen (secondary N) is 1. The minimum atomic E-state index is 0.641. The van der Waals surface area contributed by atoms with Gasteiger partial charge in [0.15, 0.2) is 11.5 Å². The molecule has 0 fully saturated rings. The second kappa shape index (κ2) is 10.4. The molecule has 0 aromatic heterocycles. The van der Waals surface area contributed by atoms with Crippen LogP contribution in [0.1, 0.15) is 12.5 Å². The maximum absolute atomic E-state index is 5.51. The molecule has 0 spiro atoms. The van der Waals surface area contributed by atoms with Crippen LogP contribution in [0, 0.1) is 0 Å². The van der Waals surface area contributed by atoms with Gasteiger partial charge in [-0.2, -0.15) is 0 Å². The second-order valence-corrected chi connectivity index (χ2v) is 4.89. The Morgan fingerprint density at radius 3 is 2.62 bits per heavy atom. The monoisotopic (exact) mass is 296 g/mol. The number of hydrogen-bond donors (Lipinski definition) is 1. The number of rotatable bonds is 11. The number of methoxy groups -OCH3 is 2. The van der Waals surface area contributed by atoms with E-state index in [2.05, 4.69) is 23.3 Å². The lowest BCUT2D eigenvalue weighted by atomic mass is 10.2. The SMILES string of the molecule is CCOc1ccc(CNCCN(C)CCOC)cc1OC. The molecular formula is C16H28N2O3. The molecule has 0 heterocycles. The highest BCUT2D eigenvalue weighted by atomic mass is 16.5. The smallest absolute Gasteiger partial charge is 0.161 e. The second-order valence-electron chi connectivity index (χ2n) is 4.89. The molecule has 1 aromatic carbocycles. The summed E-state index contributed by atoms with van der Waals surface area (Å²) in [6, 6.07) is 6.05. The van der Waals surface area contributed by atoms with Crippen molar-refractivity contribution in [2.24, 2.45) is 0 Å². The Balaban J connectivity index is 2.35. The van der Waals surface area contributed by atoms with Crippen LogP contribution < -0.4 is 14.8 Å². The summed E-state index contributed by atoms with van der Waals surface area (Å²) in [5.41, 5.74) is 1.19. The molecule has 0 amide bonds. The molecule has 1 rings (SSSR count). The van der Waals surface area contributed by atoms with Gasteiger partial charge in [0.2, 0.25) is 0 Å². The van der Waals surface area contributed by atoms with Crippen molar-refractivity contribution >= 4 is 0 Å². The third-order valence-electron chi connectivity index (χ3n) is 3.20. The first kappa shape index (κ1) is 17.8. The summed E-state index contributed by atoms with van der Waals surface area (Å²) >= 11 is 0. The normalized spacial score (nSPS) is 10.9. The van der Waals surface area contributed by atoms with Crippen molar-refractivity contribution in [2.75, 3.05) is 54.1 Å². The zero-order chi connectivity index (χ0) is 15.5. The van der Waals surface area contributed by atoms with Gasteiger partial charge in [0.05, 0.1) is 20.3 Å². The minimum Gasteiger partial charge on any atom is -0.493 e. The van der Waals surface area contributed by atoms with Crippen LogP contribution in [0.3, 0.4) is 0 Å². The van der Waals surface area contributed by atoms with Crippen LogP contribution in [0.4, 0.5) is 0 Å². The number of likely N-dealkylation sites (N-methyl/N-ethyl adjacent to an activating group) is 1. The molecule has 1 N–H and O–H groups in total. The van der Waals surface area contributed by atoms with E-state index in [1.54, 1.807) is 14.2 Å². The van der Waals surface area contributed by atoms with Gasteiger partial charge in [-0.05, 0) is 31.7 Å². The van der Waals surface area contributed by atoms with E-state index in [-0.39, 0.29) is 0 Å². The summed E-state index contributed by atoms with van der Waals surface area (Å²) < 4.78 is 15.9. The molecule has 0 radical (unpaired) electrons. The molecule has 0 unspecified atom stereocenters. The van der Waals surface area contributed by atoms with Crippen molar-refractivity contribution in [3.63, 3.8) is 0 Å². The van der Waals surface area contributed by atoms with Gasteiger partial charge >= 0.3 is 0 Å². The van der Waals surface area contributed by atoms with Gasteiger partial charge in [0.1, 0.15) is 0 Å². The predicted octanol–water partition coefficient (Wildman–Crippen LogP) is 1.76. The van der Waals surface area contributed by atoms with Crippen LogP contribution >= 0.6 is 0 Å². The average Bonchev–Trinajstić information content (AvgIpc) is 2.50. The topological polar surface area (TPSA) is 43.0 Å². The van der Waals surface area contributed by atoms with Crippen LogP contribution in [-0.4, -0.2) is 59.0 Å². The van der Waals surface area contributed by atoms with E-state index in [0.717, 1.165) is 44.3 Å². The van der Waals surface area contributed by atoms with Gasteiger partial charge in [-0.15, -0.1) is 0 Å². The third-order valence-corrected chi connectivity index (χ3v) is 3.20. The molecule has 120 valence electrons. The summed E-state index contributed by atoms with van der Waals surface area (Å²) in [6.07, 6.45) is 0. The third kappa shape index (κ3) is 6.80. The van der Waals surface area contributed by atoms with Crippen molar-refractivity contribution in [3.8, 4) is 11.5 Å². The first-order chi connectivity index (χ1) is 10.2. The van der Waals surface area contributed by atoms with Crippen molar-refractivity contribution in [1.82, 2.24) is 10.2 Å². The highest BCUT2D eigenvalue weighted by molar-refractivity contribution is 5.42. The Labute approximate surface area is 128 Å². The summed E-state index contributed by atoms with van der Waals surface area (Å²) in [7, 11) is 5.49. The standard InChI is InChI=1S/C16H28N2O3/c1-5-21-15-7-6-14(12-16(15)20-4)13-17-8-9-18(2)10-11-19-3/h6-7,12,17H,5,8-11,13H2,1-4H3. The van der Waals surface area contributed by atoms with E-state index < -0.39 is 0 Å². The van der Waals surface area contributed by atoms with Crippen LogP contribution in [0.2, 0.25) is 0 Å². The maximum atomic E-state index is 5.51. The van der Waals surface area contributed by atoms with Gasteiger partial charge < -0.3 is 24.4 Å². The Hall–Kier alpha value is -1.30. The van der Waals surface area contributed by atoms with Crippen molar-refractivity contribution in [1.29, 1.82) is 0 Å². The van der Waals surface area contributed by atoms with Gasteiger partial charge in [-0.1, -0.05) is 6.07 Å². The van der Waals surface area contributed by atoms with Gasteiger partial charge in [0.25, 0.3) is 0 Å². The number of benzene rings is 1. The summed E-state index contributed by atoms with van der Waals surface area (Å²) in [5.74, 6) is 1.58. The van der Waals surface area contributed by atoms with Gasteiger partial charge in [-0.25, -0.2) is 0 Å². The first-order valence-electron chi connectivity index (χ1n) is 7.39. The lowest BCUT2D eigenvalue weighted by Crippen LogP contribution is -2.31.